The molecule has 4 nitrogen and oxygen atoms in total. The molecule has 2 aromatic carbocycles. The molecule has 1 heterocycles. The van der Waals surface area contributed by atoms with E-state index in [4.69, 9.17) is 15.2 Å². The van der Waals surface area contributed by atoms with Crippen molar-refractivity contribution in [2.75, 3.05) is 12.5 Å². The number of hydrogen-bond donors (Lipinski definition) is 1. The van der Waals surface area contributed by atoms with Gasteiger partial charge in [-0.1, -0.05) is 37.6 Å². The number of fused-ring (bicyclic) bond motifs is 1. The highest BCUT2D eigenvalue weighted by molar-refractivity contribution is 5.98. The van der Waals surface area contributed by atoms with E-state index in [0.717, 1.165) is 18.3 Å². The summed E-state index contributed by atoms with van der Waals surface area (Å²) in [6.07, 6.45) is 4.18. The Hall–Kier alpha value is -2.49. The van der Waals surface area contributed by atoms with Crippen molar-refractivity contribution in [1.29, 1.82) is 0 Å². The van der Waals surface area contributed by atoms with Gasteiger partial charge in [-0.05, 0) is 24.0 Å². The van der Waals surface area contributed by atoms with Crippen LogP contribution in [-0.2, 0) is 6.42 Å². The van der Waals surface area contributed by atoms with Crippen LogP contribution in [0.5, 0.6) is 11.5 Å². The van der Waals surface area contributed by atoms with Gasteiger partial charge in [-0.15, -0.1) is 0 Å². The highest BCUT2D eigenvalue weighted by Gasteiger charge is 2.24. The van der Waals surface area contributed by atoms with Crippen LogP contribution in [0.15, 0.2) is 30.3 Å². The van der Waals surface area contributed by atoms with Crippen molar-refractivity contribution in [3.63, 3.8) is 0 Å². The molecule has 0 amide bonds. The third-order valence-corrected chi connectivity index (χ3v) is 3.91. The molecule has 22 heavy (non-hydrogen) atoms. The molecule has 114 valence electrons. The third kappa shape index (κ3) is 2.52. The summed E-state index contributed by atoms with van der Waals surface area (Å²) in [6, 6.07) is 9.84. The fourth-order valence-electron chi connectivity index (χ4n) is 2.71. The monoisotopic (exact) mass is 297 g/mol. The molecule has 0 spiro atoms. The summed E-state index contributed by atoms with van der Waals surface area (Å²) in [5.41, 5.74) is 9.74. The van der Waals surface area contributed by atoms with Crippen LogP contribution in [-0.4, -0.2) is 13.1 Å². The molecule has 1 aliphatic rings. The van der Waals surface area contributed by atoms with Crippen molar-refractivity contribution < 1.29 is 14.3 Å². The second kappa shape index (κ2) is 6.10. The van der Waals surface area contributed by atoms with E-state index < -0.39 is 0 Å². The number of aldehydes is 1. The van der Waals surface area contributed by atoms with E-state index in [1.54, 1.807) is 6.07 Å². The molecule has 0 radical (unpaired) electrons. The molecule has 0 atom stereocenters. The highest BCUT2D eigenvalue weighted by atomic mass is 16.7. The first-order valence-electron chi connectivity index (χ1n) is 7.51. The number of hydrogen-bond acceptors (Lipinski definition) is 4. The number of aryl methyl sites for hydroxylation is 1. The van der Waals surface area contributed by atoms with Crippen molar-refractivity contribution >= 4 is 12.0 Å². The maximum Gasteiger partial charge on any atom is 0.231 e. The van der Waals surface area contributed by atoms with Crippen LogP contribution in [0, 0.1) is 0 Å². The van der Waals surface area contributed by atoms with Gasteiger partial charge in [0.1, 0.15) is 0 Å². The molecule has 0 aromatic heterocycles. The molecule has 0 saturated carbocycles. The number of benzene rings is 2. The van der Waals surface area contributed by atoms with E-state index in [2.05, 4.69) is 19.1 Å². The van der Waals surface area contributed by atoms with Crippen LogP contribution in [0.3, 0.4) is 0 Å². The van der Waals surface area contributed by atoms with E-state index in [1.165, 1.54) is 18.4 Å². The van der Waals surface area contributed by atoms with Crippen LogP contribution < -0.4 is 15.2 Å². The normalized spacial score (nSPS) is 12.4. The average molecular weight is 297 g/mol. The van der Waals surface area contributed by atoms with Crippen LogP contribution in [0.2, 0.25) is 0 Å². The molecule has 0 fully saturated rings. The SMILES string of the molecule is CCCCc1ccc(-c2c(C=O)c(N)cc3c2OCO3)cc1. The summed E-state index contributed by atoms with van der Waals surface area (Å²) in [6.45, 7) is 2.33. The van der Waals surface area contributed by atoms with Crippen LogP contribution in [0.1, 0.15) is 35.7 Å². The Kier molecular flexibility index (Phi) is 4.00. The van der Waals surface area contributed by atoms with Gasteiger partial charge in [0.15, 0.2) is 17.8 Å². The Morgan fingerprint density at radius 3 is 2.68 bits per heavy atom. The summed E-state index contributed by atoms with van der Waals surface area (Å²) in [4.78, 5) is 11.5. The average Bonchev–Trinajstić information content (AvgIpc) is 3.00. The minimum Gasteiger partial charge on any atom is -0.453 e. The van der Waals surface area contributed by atoms with Crippen molar-refractivity contribution in [3.8, 4) is 22.6 Å². The Bertz CT molecular complexity index is 692. The van der Waals surface area contributed by atoms with Gasteiger partial charge < -0.3 is 15.2 Å². The van der Waals surface area contributed by atoms with Gasteiger partial charge in [0.2, 0.25) is 6.79 Å². The van der Waals surface area contributed by atoms with E-state index in [0.29, 0.717) is 28.3 Å². The van der Waals surface area contributed by atoms with E-state index in [9.17, 15) is 4.79 Å². The first kappa shape index (κ1) is 14.4. The molecular weight excluding hydrogens is 278 g/mol. The number of unbranched alkanes of at least 4 members (excludes halogenated alkanes) is 1. The smallest absolute Gasteiger partial charge is 0.231 e. The molecule has 0 unspecified atom stereocenters. The number of rotatable bonds is 5. The molecule has 0 saturated heterocycles. The Morgan fingerprint density at radius 2 is 2.00 bits per heavy atom. The first-order chi connectivity index (χ1) is 10.7. The van der Waals surface area contributed by atoms with Gasteiger partial charge in [0.25, 0.3) is 0 Å². The third-order valence-electron chi connectivity index (χ3n) is 3.91. The lowest BCUT2D eigenvalue weighted by atomic mass is 9.95. The number of nitrogen functional groups attached to an aromatic ring is 1. The number of anilines is 1. The Balaban J connectivity index is 2.06. The van der Waals surface area contributed by atoms with Gasteiger partial charge >= 0.3 is 0 Å². The summed E-state index contributed by atoms with van der Waals surface area (Å²) >= 11 is 0. The predicted molar refractivity (Wildman–Crippen MR) is 86.4 cm³/mol. The topological polar surface area (TPSA) is 61.6 Å². The van der Waals surface area contributed by atoms with Gasteiger partial charge in [-0.3, -0.25) is 4.79 Å². The molecule has 3 rings (SSSR count). The zero-order valence-corrected chi connectivity index (χ0v) is 12.6. The fourth-order valence-corrected chi connectivity index (χ4v) is 2.71. The highest BCUT2D eigenvalue weighted by Crippen LogP contribution is 2.45. The molecule has 0 aliphatic carbocycles. The zero-order chi connectivity index (χ0) is 15.5. The minimum absolute atomic E-state index is 0.151. The number of carbonyl (C=O) groups excluding carboxylic acids is 1. The number of carbonyl (C=O) groups is 1. The standard InChI is InChI=1S/C18H19NO3/c1-2-3-4-12-5-7-13(8-6-12)17-14(10-20)15(19)9-16-18(17)22-11-21-16/h5-10H,2-4,11,19H2,1H3. The lowest BCUT2D eigenvalue weighted by Gasteiger charge is -2.12. The summed E-state index contributed by atoms with van der Waals surface area (Å²) in [7, 11) is 0. The maximum atomic E-state index is 11.5. The molecule has 0 bridgehead atoms. The summed E-state index contributed by atoms with van der Waals surface area (Å²) in [5, 5.41) is 0. The molecular formula is C18H19NO3. The van der Waals surface area contributed by atoms with Gasteiger partial charge in [0.05, 0.1) is 0 Å². The minimum atomic E-state index is 0.151. The zero-order valence-electron chi connectivity index (χ0n) is 12.6. The molecule has 2 N–H and O–H groups in total. The summed E-state index contributed by atoms with van der Waals surface area (Å²) < 4.78 is 10.9. The van der Waals surface area contributed by atoms with Crippen LogP contribution in [0.25, 0.3) is 11.1 Å². The Morgan fingerprint density at radius 1 is 1.23 bits per heavy atom. The van der Waals surface area contributed by atoms with Gasteiger partial charge in [0, 0.05) is 22.9 Å². The van der Waals surface area contributed by atoms with E-state index in [1.807, 2.05) is 12.1 Å². The fraction of sp³-hybridized carbons (Fsp3) is 0.278. The predicted octanol–water partition coefficient (Wildman–Crippen LogP) is 3.82. The Labute approximate surface area is 129 Å². The van der Waals surface area contributed by atoms with Crippen molar-refractivity contribution in [3.05, 3.63) is 41.5 Å². The quantitative estimate of drug-likeness (QED) is 0.673. The molecule has 1 aliphatic heterocycles. The number of ether oxygens (including phenoxy) is 2. The first-order valence-corrected chi connectivity index (χ1v) is 7.51. The van der Waals surface area contributed by atoms with E-state index in [-0.39, 0.29) is 6.79 Å². The lowest BCUT2D eigenvalue weighted by Crippen LogP contribution is -1.98. The largest absolute Gasteiger partial charge is 0.453 e. The maximum absolute atomic E-state index is 11.5. The van der Waals surface area contributed by atoms with Crippen molar-refractivity contribution in [2.24, 2.45) is 0 Å². The lowest BCUT2D eigenvalue weighted by molar-refractivity contribution is 0.112. The van der Waals surface area contributed by atoms with Crippen molar-refractivity contribution in [1.82, 2.24) is 0 Å². The second-order valence-electron chi connectivity index (χ2n) is 5.41. The van der Waals surface area contributed by atoms with Crippen molar-refractivity contribution in [2.45, 2.75) is 26.2 Å². The van der Waals surface area contributed by atoms with Crippen LogP contribution in [0.4, 0.5) is 5.69 Å². The van der Waals surface area contributed by atoms with Crippen LogP contribution >= 0.6 is 0 Å². The summed E-state index contributed by atoms with van der Waals surface area (Å²) in [5.74, 6) is 1.19. The van der Waals surface area contributed by atoms with E-state index >= 15 is 0 Å². The van der Waals surface area contributed by atoms with Gasteiger partial charge in [-0.2, -0.15) is 0 Å². The molecule has 2 aromatic rings. The second-order valence-corrected chi connectivity index (χ2v) is 5.41. The van der Waals surface area contributed by atoms with Gasteiger partial charge in [-0.25, -0.2) is 0 Å². The number of nitrogens with two attached hydrogens (primary N) is 1. The molecule has 4 heteroatoms.